The van der Waals surface area contributed by atoms with Gasteiger partial charge in [-0.3, -0.25) is 9.48 Å². The van der Waals surface area contributed by atoms with Gasteiger partial charge in [-0.2, -0.15) is 10.1 Å². The third-order valence-corrected chi connectivity index (χ3v) is 4.47. The second-order valence-electron chi connectivity index (χ2n) is 6.32. The average molecular weight is 374 g/mol. The first-order valence-corrected chi connectivity index (χ1v) is 8.88. The van der Waals surface area contributed by atoms with E-state index < -0.39 is 11.6 Å². The zero-order valence-electron chi connectivity index (χ0n) is 14.9. The zero-order valence-corrected chi connectivity index (χ0v) is 14.9. The van der Waals surface area contributed by atoms with Crippen LogP contribution < -0.4 is 11.0 Å². The first-order chi connectivity index (χ1) is 13.7. The summed E-state index contributed by atoms with van der Waals surface area (Å²) in [5, 5.41) is 7.72. The Kier molecular flexibility index (Phi) is 4.92. The number of aryl methyl sites for hydroxylation is 1. The summed E-state index contributed by atoms with van der Waals surface area (Å²) in [5.74, 6) is -0.394. The molecule has 0 aliphatic rings. The normalized spacial score (nSPS) is 12.0. The number of rotatable bonds is 6. The molecule has 0 aliphatic carbocycles. The SMILES string of the molecule is O=C(N[C@@H](CCn1cncn1)c1ccccc1)c1nc(=O)[nH]c2ccccc12. The summed E-state index contributed by atoms with van der Waals surface area (Å²) in [7, 11) is 0. The number of carbonyl (C=O) groups is 1. The fraction of sp³-hybridized carbons (Fsp3) is 0.150. The summed E-state index contributed by atoms with van der Waals surface area (Å²) < 4.78 is 1.71. The third-order valence-electron chi connectivity index (χ3n) is 4.47. The molecule has 0 spiro atoms. The van der Waals surface area contributed by atoms with Crippen molar-refractivity contribution in [3.8, 4) is 0 Å². The summed E-state index contributed by atoms with van der Waals surface area (Å²) in [5.41, 5.74) is 1.10. The van der Waals surface area contributed by atoms with Crippen molar-refractivity contribution in [3.05, 3.63) is 89.0 Å². The number of fused-ring (bicyclic) bond motifs is 1. The van der Waals surface area contributed by atoms with Crippen molar-refractivity contribution in [2.45, 2.75) is 19.0 Å². The molecule has 8 nitrogen and oxygen atoms in total. The molecule has 0 bridgehead atoms. The molecule has 8 heteroatoms. The highest BCUT2D eigenvalue weighted by atomic mass is 16.2. The van der Waals surface area contributed by atoms with E-state index in [1.54, 1.807) is 35.3 Å². The van der Waals surface area contributed by atoms with Gasteiger partial charge in [0.15, 0.2) is 0 Å². The maximum Gasteiger partial charge on any atom is 0.346 e. The number of hydrogen-bond donors (Lipinski definition) is 2. The average Bonchev–Trinajstić information content (AvgIpc) is 3.24. The molecule has 2 aromatic heterocycles. The van der Waals surface area contributed by atoms with Crippen LogP contribution in [-0.2, 0) is 6.54 Å². The van der Waals surface area contributed by atoms with Gasteiger partial charge >= 0.3 is 5.69 Å². The summed E-state index contributed by atoms with van der Waals surface area (Å²) in [4.78, 5) is 35.4. The van der Waals surface area contributed by atoms with Gasteiger partial charge in [0, 0.05) is 11.9 Å². The highest BCUT2D eigenvalue weighted by Crippen LogP contribution is 2.19. The number of H-pyrrole nitrogens is 1. The Labute approximate surface area is 160 Å². The molecule has 2 aromatic carbocycles. The Morgan fingerprint density at radius 2 is 1.89 bits per heavy atom. The third kappa shape index (κ3) is 3.80. The van der Waals surface area contributed by atoms with Crippen molar-refractivity contribution in [2.24, 2.45) is 0 Å². The van der Waals surface area contributed by atoms with E-state index in [4.69, 9.17) is 0 Å². The van der Waals surface area contributed by atoms with Crippen molar-refractivity contribution in [1.29, 1.82) is 0 Å². The number of benzene rings is 2. The molecule has 0 saturated heterocycles. The van der Waals surface area contributed by atoms with E-state index in [1.807, 2.05) is 30.3 Å². The van der Waals surface area contributed by atoms with E-state index in [1.165, 1.54) is 6.33 Å². The first-order valence-electron chi connectivity index (χ1n) is 8.88. The Bertz CT molecular complexity index is 1140. The smallest absolute Gasteiger partial charge is 0.344 e. The minimum Gasteiger partial charge on any atom is -0.344 e. The molecule has 1 amide bonds. The van der Waals surface area contributed by atoms with E-state index in [2.05, 4.69) is 25.4 Å². The van der Waals surface area contributed by atoms with Gasteiger partial charge in [0.05, 0.1) is 11.6 Å². The predicted octanol–water partition coefficient (Wildman–Crippen LogP) is 2.08. The first kappa shape index (κ1) is 17.6. The monoisotopic (exact) mass is 374 g/mol. The van der Waals surface area contributed by atoms with Crippen LogP contribution >= 0.6 is 0 Å². The van der Waals surface area contributed by atoms with Gasteiger partial charge in [-0.15, -0.1) is 0 Å². The van der Waals surface area contributed by atoms with Crippen molar-refractivity contribution < 1.29 is 4.79 Å². The van der Waals surface area contributed by atoms with Gasteiger partial charge in [0.1, 0.15) is 18.3 Å². The topological polar surface area (TPSA) is 106 Å². The lowest BCUT2D eigenvalue weighted by Crippen LogP contribution is -2.32. The molecule has 4 aromatic rings. The maximum atomic E-state index is 13.0. The molecule has 0 unspecified atom stereocenters. The van der Waals surface area contributed by atoms with Crippen LogP contribution in [0.25, 0.3) is 10.9 Å². The standard InChI is InChI=1S/C20H18N6O2/c27-19(18-15-8-4-5-9-17(15)24-20(28)25-18)23-16(14-6-2-1-3-7-14)10-11-26-13-21-12-22-26/h1-9,12-13,16H,10-11H2,(H,23,27)(H,24,25,28)/t16-/m0/s1. The summed E-state index contributed by atoms with van der Waals surface area (Å²) in [6.07, 6.45) is 3.72. The molecular weight excluding hydrogens is 356 g/mol. The van der Waals surface area contributed by atoms with Crippen LogP contribution in [0.2, 0.25) is 0 Å². The van der Waals surface area contributed by atoms with E-state index in [0.717, 1.165) is 5.56 Å². The number of para-hydroxylation sites is 1. The highest BCUT2D eigenvalue weighted by Gasteiger charge is 2.19. The van der Waals surface area contributed by atoms with Gasteiger partial charge in [-0.05, 0) is 18.1 Å². The summed E-state index contributed by atoms with van der Waals surface area (Å²) >= 11 is 0. The van der Waals surface area contributed by atoms with E-state index in [0.29, 0.717) is 23.9 Å². The summed E-state index contributed by atoms with van der Waals surface area (Å²) in [6, 6.07) is 16.5. The minimum absolute atomic E-state index is 0.112. The molecule has 1 atom stereocenters. The Morgan fingerprint density at radius 3 is 2.68 bits per heavy atom. The Balaban J connectivity index is 1.63. The number of aromatic amines is 1. The Hall–Kier alpha value is -3.81. The fourth-order valence-corrected chi connectivity index (χ4v) is 3.12. The number of aromatic nitrogens is 5. The van der Waals surface area contributed by atoms with Gasteiger partial charge in [0.25, 0.3) is 5.91 Å². The van der Waals surface area contributed by atoms with Gasteiger partial charge in [0.2, 0.25) is 0 Å². The quantitative estimate of drug-likeness (QED) is 0.537. The number of nitrogens with zero attached hydrogens (tertiary/aromatic N) is 4. The largest absolute Gasteiger partial charge is 0.346 e. The number of carbonyl (C=O) groups excluding carboxylic acids is 1. The lowest BCUT2D eigenvalue weighted by molar-refractivity contribution is 0.0929. The van der Waals surface area contributed by atoms with Gasteiger partial charge < -0.3 is 10.3 Å². The molecule has 2 N–H and O–H groups in total. The second-order valence-corrected chi connectivity index (χ2v) is 6.32. The van der Waals surface area contributed by atoms with Crippen LogP contribution in [0.1, 0.15) is 28.5 Å². The van der Waals surface area contributed by atoms with Crippen LogP contribution in [-0.4, -0.2) is 30.6 Å². The molecule has 0 saturated carbocycles. The van der Waals surface area contributed by atoms with Gasteiger partial charge in [-0.25, -0.2) is 9.78 Å². The van der Waals surface area contributed by atoms with Crippen molar-refractivity contribution >= 4 is 16.8 Å². The fourth-order valence-electron chi connectivity index (χ4n) is 3.12. The second kappa shape index (κ2) is 7.83. The lowest BCUT2D eigenvalue weighted by atomic mass is 10.0. The van der Waals surface area contributed by atoms with Crippen LogP contribution in [0.15, 0.2) is 72.0 Å². The van der Waals surface area contributed by atoms with Crippen LogP contribution in [0.5, 0.6) is 0 Å². The zero-order chi connectivity index (χ0) is 19.3. The number of hydrogen-bond acceptors (Lipinski definition) is 5. The van der Waals surface area contributed by atoms with E-state index in [-0.39, 0.29) is 11.7 Å². The number of nitrogens with one attached hydrogen (secondary N) is 2. The molecule has 4 rings (SSSR count). The van der Waals surface area contributed by atoms with E-state index in [9.17, 15) is 9.59 Å². The predicted molar refractivity (Wildman–Crippen MR) is 104 cm³/mol. The van der Waals surface area contributed by atoms with Crippen molar-refractivity contribution in [2.75, 3.05) is 0 Å². The molecule has 0 radical (unpaired) electrons. The maximum absolute atomic E-state index is 13.0. The van der Waals surface area contributed by atoms with E-state index >= 15 is 0 Å². The molecule has 0 aliphatic heterocycles. The molecule has 0 fully saturated rings. The molecular formula is C20H18N6O2. The molecule has 2 heterocycles. The minimum atomic E-state index is -0.553. The lowest BCUT2D eigenvalue weighted by Gasteiger charge is -2.19. The summed E-state index contributed by atoms with van der Waals surface area (Å²) in [6.45, 7) is 0.587. The van der Waals surface area contributed by atoms with Crippen molar-refractivity contribution in [3.63, 3.8) is 0 Å². The highest BCUT2D eigenvalue weighted by molar-refractivity contribution is 6.04. The van der Waals surface area contributed by atoms with Crippen LogP contribution in [0.3, 0.4) is 0 Å². The molecule has 140 valence electrons. The molecule has 28 heavy (non-hydrogen) atoms. The van der Waals surface area contributed by atoms with Gasteiger partial charge in [-0.1, -0.05) is 48.5 Å². The Morgan fingerprint density at radius 1 is 1.11 bits per heavy atom. The van der Waals surface area contributed by atoms with Crippen LogP contribution in [0, 0.1) is 0 Å². The van der Waals surface area contributed by atoms with Crippen LogP contribution in [0.4, 0.5) is 0 Å². The van der Waals surface area contributed by atoms with Crippen molar-refractivity contribution in [1.82, 2.24) is 30.0 Å². The number of amides is 1.